The second-order valence-electron chi connectivity index (χ2n) is 5.36. The van der Waals surface area contributed by atoms with Crippen LogP contribution in [0.2, 0.25) is 0 Å². The van der Waals surface area contributed by atoms with Crippen LogP contribution in [0.25, 0.3) is 6.08 Å². The smallest absolute Gasteiger partial charge is 0.268 e. The van der Waals surface area contributed by atoms with Gasteiger partial charge >= 0.3 is 6.18 Å². The molecule has 26 heavy (non-hydrogen) atoms. The van der Waals surface area contributed by atoms with Crippen molar-refractivity contribution < 1.29 is 18.0 Å². The van der Waals surface area contributed by atoms with Crippen LogP contribution in [0.3, 0.4) is 0 Å². The summed E-state index contributed by atoms with van der Waals surface area (Å²) in [6, 6.07) is 14.1. The summed E-state index contributed by atoms with van der Waals surface area (Å²) in [6.07, 6.45) is 0.676. The molecule has 0 saturated carbocycles. The van der Waals surface area contributed by atoms with Gasteiger partial charge in [0.2, 0.25) is 0 Å². The monoisotopic (exact) mass is 391 g/mol. The molecule has 0 radical (unpaired) electrons. The Kier molecular flexibility index (Phi) is 5.29. The van der Waals surface area contributed by atoms with Crippen molar-refractivity contribution in [2.75, 3.05) is 4.90 Å². The van der Waals surface area contributed by atoms with Gasteiger partial charge in [-0.05, 0) is 29.8 Å². The molecule has 2 nitrogen and oxygen atoms in total. The average molecular weight is 391 g/mol. The molecule has 2 aromatic carbocycles. The van der Waals surface area contributed by atoms with Crippen LogP contribution in [0.5, 0.6) is 0 Å². The first-order valence-electron chi connectivity index (χ1n) is 7.53. The number of anilines is 1. The highest BCUT2D eigenvalue weighted by atomic mass is 32.2. The maximum absolute atomic E-state index is 12.9. The molecular formula is C19H12F3NOS2. The van der Waals surface area contributed by atoms with Crippen molar-refractivity contribution >= 4 is 46.0 Å². The van der Waals surface area contributed by atoms with Crippen LogP contribution in [0.1, 0.15) is 11.1 Å². The van der Waals surface area contributed by atoms with Gasteiger partial charge in [-0.1, -0.05) is 72.5 Å². The fourth-order valence-electron chi connectivity index (χ4n) is 2.34. The Bertz CT molecular complexity index is 905. The van der Waals surface area contributed by atoms with Gasteiger partial charge in [-0.25, -0.2) is 0 Å². The average Bonchev–Trinajstić information content (AvgIpc) is 2.89. The third-order valence-electron chi connectivity index (χ3n) is 3.56. The molecule has 3 rings (SSSR count). The molecule has 7 heteroatoms. The predicted octanol–water partition coefficient (Wildman–Crippen LogP) is 5.67. The van der Waals surface area contributed by atoms with Crippen molar-refractivity contribution in [3.8, 4) is 0 Å². The Hall–Kier alpha value is -2.38. The fraction of sp³-hybridized carbons (Fsp3) is 0.0526. The second-order valence-corrected chi connectivity index (χ2v) is 7.03. The van der Waals surface area contributed by atoms with Gasteiger partial charge in [-0.2, -0.15) is 13.2 Å². The number of amides is 1. The lowest BCUT2D eigenvalue weighted by Crippen LogP contribution is -2.27. The van der Waals surface area contributed by atoms with Gasteiger partial charge in [-0.3, -0.25) is 9.69 Å². The number of thioether (sulfide) groups is 1. The molecule has 1 saturated heterocycles. The number of benzene rings is 2. The molecule has 0 N–H and O–H groups in total. The summed E-state index contributed by atoms with van der Waals surface area (Å²) < 4.78 is 38.9. The number of thiocarbonyl (C=S) groups is 1. The van der Waals surface area contributed by atoms with Gasteiger partial charge in [0.1, 0.15) is 0 Å². The first-order valence-corrected chi connectivity index (χ1v) is 8.76. The molecule has 1 heterocycles. The van der Waals surface area contributed by atoms with Gasteiger partial charge in [-0.15, -0.1) is 0 Å². The number of allylic oxidation sites excluding steroid dienone is 2. The molecule has 1 aliphatic heterocycles. The molecule has 0 atom stereocenters. The molecular weight excluding hydrogens is 379 g/mol. The zero-order chi connectivity index (χ0) is 18.7. The van der Waals surface area contributed by atoms with Crippen LogP contribution < -0.4 is 4.90 Å². The van der Waals surface area contributed by atoms with Gasteiger partial charge < -0.3 is 0 Å². The molecule has 0 unspecified atom stereocenters. The van der Waals surface area contributed by atoms with E-state index in [1.165, 1.54) is 12.1 Å². The minimum Gasteiger partial charge on any atom is -0.268 e. The van der Waals surface area contributed by atoms with Crippen LogP contribution in [0.4, 0.5) is 18.9 Å². The molecule has 0 aromatic heterocycles. The molecule has 1 amide bonds. The van der Waals surface area contributed by atoms with Crippen LogP contribution >= 0.6 is 24.0 Å². The lowest BCUT2D eigenvalue weighted by Gasteiger charge is -2.16. The number of rotatable bonds is 3. The van der Waals surface area contributed by atoms with E-state index in [1.807, 2.05) is 36.4 Å². The van der Waals surface area contributed by atoms with Crippen molar-refractivity contribution in [2.24, 2.45) is 0 Å². The zero-order valence-corrected chi connectivity index (χ0v) is 14.9. The Labute approximate surface area is 158 Å². The third-order valence-corrected chi connectivity index (χ3v) is 4.88. The molecule has 132 valence electrons. The van der Waals surface area contributed by atoms with E-state index in [1.54, 1.807) is 12.2 Å². The maximum Gasteiger partial charge on any atom is 0.416 e. The largest absolute Gasteiger partial charge is 0.416 e. The van der Waals surface area contributed by atoms with Crippen molar-refractivity contribution in [2.45, 2.75) is 6.18 Å². The second kappa shape index (κ2) is 7.47. The summed E-state index contributed by atoms with van der Waals surface area (Å²) in [7, 11) is 0. The molecule has 1 aliphatic rings. The summed E-state index contributed by atoms with van der Waals surface area (Å²) in [6.45, 7) is 0. The summed E-state index contributed by atoms with van der Waals surface area (Å²) in [4.78, 5) is 14.0. The highest BCUT2D eigenvalue weighted by Gasteiger charge is 2.35. The Morgan fingerprint density at radius 2 is 1.77 bits per heavy atom. The molecule has 2 aromatic rings. The third kappa shape index (κ3) is 4.05. The van der Waals surface area contributed by atoms with E-state index in [-0.39, 0.29) is 10.0 Å². The molecule has 0 spiro atoms. The first-order chi connectivity index (χ1) is 12.4. The van der Waals surface area contributed by atoms with Crippen LogP contribution in [0, 0.1) is 0 Å². The normalized spacial score (nSPS) is 16.9. The Morgan fingerprint density at radius 1 is 1.04 bits per heavy atom. The minimum absolute atomic E-state index is 0.109. The van der Waals surface area contributed by atoms with E-state index >= 15 is 0 Å². The molecule has 0 aliphatic carbocycles. The van der Waals surface area contributed by atoms with E-state index in [0.29, 0.717) is 4.91 Å². The summed E-state index contributed by atoms with van der Waals surface area (Å²) in [5, 5.41) is 0. The van der Waals surface area contributed by atoms with Gasteiger partial charge in [0, 0.05) is 0 Å². The zero-order valence-electron chi connectivity index (χ0n) is 13.2. The van der Waals surface area contributed by atoms with Gasteiger partial charge in [0.25, 0.3) is 5.91 Å². The van der Waals surface area contributed by atoms with Crippen molar-refractivity contribution in [3.05, 3.63) is 82.8 Å². The predicted molar refractivity (Wildman–Crippen MR) is 103 cm³/mol. The van der Waals surface area contributed by atoms with E-state index in [2.05, 4.69) is 0 Å². The molecule has 1 fully saturated rings. The van der Waals surface area contributed by atoms with Crippen LogP contribution in [-0.2, 0) is 11.0 Å². The number of alkyl halides is 3. The van der Waals surface area contributed by atoms with E-state index in [0.717, 1.165) is 34.4 Å². The first kappa shape index (κ1) is 18.4. The standard InChI is InChI=1S/C19H12F3NOS2/c20-19(21,22)14-9-5-10-15(12-14)23-17(24)16(26-18(23)25)11-4-8-13-6-2-1-3-7-13/h1-12H/b8-4+,16-11-. The number of carbonyl (C=O) groups is 1. The maximum atomic E-state index is 12.9. The number of hydrogen-bond acceptors (Lipinski definition) is 3. The Balaban J connectivity index is 1.83. The number of nitrogens with zero attached hydrogens (tertiary/aromatic N) is 1. The van der Waals surface area contributed by atoms with Gasteiger partial charge in [0.05, 0.1) is 16.2 Å². The van der Waals surface area contributed by atoms with E-state index < -0.39 is 17.6 Å². The quantitative estimate of drug-likeness (QED) is 0.497. The van der Waals surface area contributed by atoms with Crippen molar-refractivity contribution in [1.29, 1.82) is 0 Å². The summed E-state index contributed by atoms with van der Waals surface area (Å²) >= 11 is 6.24. The van der Waals surface area contributed by atoms with Crippen LogP contribution in [0.15, 0.2) is 71.7 Å². The van der Waals surface area contributed by atoms with Crippen molar-refractivity contribution in [3.63, 3.8) is 0 Å². The Morgan fingerprint density at radius 3 is 2.46 bits per heavy atom. The topological polar surface area (TPSA) is 20.3 Å². The summed E-state index contributed by atoms with van der Waals surface area (Å²) in [5.41, 5.74) is 0.256. The van der Waals surface area contributed by atoms with Crippen LogP contribution in [-0.4, -0.2) is 10.2 Å². The minimum atomic E-state index is -4.48. The highest BCUT2D eigenvalue weighted by molar-refractivity contribution is 8.27. The SMILES string of the molecule is O=C1/C(=C/C=C/c2ccccc2)SC(=S)N1c1cccc(C(F)(F)F)c1. The van der Waals surface area contributed by atoms with E-state index in [9.17, 15) is 18.0 Å². The van der Waals surface area contributed by atoms with Gasteiger partial charge in [0.15, 0.2) is 4.32 Å². The number of hydrogen-bond donors (Lipinski definition) is 0. The lowest BCUT2D eigenvalue weighted by molar-refractivity contribution is -0.137. The van der Waals surface area contributed by atoms with E-state index in [4.69, 9.17) is 12.2 Å². The lowest BCUT2D eigenvalue weighted by atomic mass is 10.2. The summed E-state index contributed by atoms with van der Waals surface area (Å²) in [5.74, 6) is -0.433. The number of halogens is 3. The van der Waals surface area contributed by atoms with Crippen molar-refractivity contribution in [1.82, 2.24) is 0 Å². The number of carbonyl (C=O) groups excluding carboxylic acids is 1. The molecule has 0 bridgehead atoms. The fourth-order valence-corrected chi connectivity index (χ4v) is 3.59. The highest BCUT2D eigenvalue weighted by Crippen LogP contribution is 2.37.